The molecule has 2 rings (SSSR count). The highest BCUT2D eigenvalue weighted by atomic mass is 16.4. The molecule has 3 amide bonds. The van der Waals surface area contributed by atoms with Crippen molar-refractivity contribution in [1.29, 1.82) is 0 Å². The number of nitrogens with one attached hydrogen (secondary N) is 3. The lowest BCUT2D eigenvalue weighted by atomic mass is 9.98. The number of hydrogen-bond donors (Lipinski definition) is 4. The molecule has 1 aromatic rings. The highest BCUT2D eigenvalue weighted by Crippen LogP contribution is 2.07. The maximum atomic E-state index is 11.8. The van der Waals surface area contributed by atoms with E-state index in [1.54, 1.807) is 0 Å². The van der Waals surface area contributed by atoms with Crippen LogP contribution in [-0.4, -0.2) is 35.1 Å². The van der Waals surface area contributed by atoms with Crippen molar-refractivity contribution < 1.29 is 19.5 Å². The Morgan fingerprint density at radius 2 is 1.95 bits per heavy atom. The molecule has 0 radical (unpaired) electrons. The number of hydrogen-bond acceptors (Lipinski definition) is 3. The van der Waals surface area contributed by atoms with Crippen LogP contribution in [-0.2, 0) is 16.1 Å². The van der Waals surface area contributed by atoms with E-state index in [-0.39, 0.29) is 0 Å². The summed E-state index contributed by atoms with van der Waals surface area (Å²) >= 11 is 0. The molecule has 1 heterocycles. The van der Waals surface area contributed by atoms with E-state index in [4.69, 9.17) is 5.11 Å². The molecule has 0 saturated carbocycles. The van der Waals surface area contributed by atoms with Gasteiger partial charge in [0.15, 0.2) is 0 Å². The monoisotopic (exact) mass is 263 g/mol. The molecule has 0 unspecified atom stereocenters. The maximum absolute atomic E-state index is 11.8. The van der Waals surface area contributed by atoms with Gasteiger partial charge in [-0.05, 0) is 5.56 Å². The fourth-order valence-corrected chi connectivity index (χ4v) is 1.78. The fourth-order valence-electron chi connectivity index (χ4n) is 1.78. The first-order valence-electron chi connectivity index (χ1n) is 5.69. The van der Waals surface area contributed by atoms with Crippen molar-refractivity contribution in [3.05, 3.63) is 35.9 Å². The van der Waals surface area contributed by atoms with E-state index in [1.807, 2.05) is 35.6 Å². The molecule has 7 nitrogen and oxygen atoms in total. The molecule has 0 aromatic heterocycles. The van der Waals surface area contributed by atoms with E-state index in [0.29, 0.717) is 6.54 Å². The lowest BCUT2D eigenvalue weighted by Crippen LogP contribution is -2.73. The molecular formula is C12H13N3O4. The molecule has 100 valence electrons. The van der Waals surface area contributed by atoms with Crippen molar-refractivity contribution in [2.45, 2.75) is 18.6 Å². The Hall–Kier alpha value is -2.57. The molecule has 1 saturated heterocycles. The summed E-state index contributed by atoms with van der Waals surface area (Å²) in [6.07, 6.45) is -1.33. The first-order valence-corrected chi connectivity index (χ1v) is 5.69. The van der Waals surface area contributed by atoms with Gasteiger partial charge in [-0.3, -0.25) is 9.59 Å². The molecule has 0 spiro atoms. The summed E-state index contributed by atoms with van der Waals surface area (Å²) in [6, 6.07) is 7.40. The Balaban J connectivity index is 1.87. The number of carbonyl (C=O) groups excluding carboxylic acids is 2. The van der Waals surface area contributed by atoms with Crippen LogP contribution in [0.25, 0.3) is 0 Å². The van der Waals surface area contributed by atoms with Crippen LogP contribution < -0.4 is 16.0 Å². The zero-order valence-electron chi connectivity index (χ0n) is 9.92. The van der Waals surface area contributed by atoms with Crippen LogP contribution >= 0.6 is 0 Å². The number of amides is 3. The lowest BCUT2D eigenvalue weighted by Gasteiger charge is -2.34. The zero-order chi connectivity index (χ0) is 13.8. The standard InChI is InChI=1S/C12H13N3O4/c16-10(13-6-7-4-2-1-3-5-7)8-9(11(17)14-8)15-12(18)19/h1-5,8-9,15H,6H2,(H,13,16)(H,14,17)(H,18,19)/t8-,9-/m0/s1. The number of carbonyl (C=O) groups is 3. The molecule has 1 aliphatic rings. The molecule has 1 fully saturated rings. The minimum Gasteiger partial charge on any atom is -0.465 e. The number of benzene rings is 1. The van der Waals surface area contributed by atoms with E-state index < -0.39 is 30.0 Å². The van der Waals surface area contributed by atoms with E-state index >= 15 is 0 Å². The van der Waals surface area contributed by atoms with Gasteiger partial charge in [0.2, 0.25) is 11.8 Å². The van der Waals surface area contributed by atoms with Gasteiger partial charge in [-0.25, -0.2) is 4.79 Å². The van der Waals surface area contributed by atoms with E-state index in [9.17, 15) is 14.4 Å². The second-order valence-corrected chi connectivity index (χ2v) is 4.12. The molecule has 1 aliphatic heterocycles. The van der Waals surface area contributed by atoms with Crippen molar-refractivity contribution in [2.24, 2.45) is 0 Å². The highest BCUT2D eigenvalue weighted by molar-refractivity contribution is 6.03. The third-order valence-corrected chi connectivity index (χ3v) is 2.78. The minimum atomic E-state index is -1.33. The predicted molar refractivity (Wildman–Crippen MR) is 65.2 cm³/mol. The van der Waals surface area contributed by atoms with Crippen molar-refractivity contribution in [3.8, 4) is 0 Å². The minimum absolute atomic E-state index is 0.325. The van der Waals surface area contributed by atoms with Crippen LogP contribution in [0.5, 0.6) is 0 Å². The lowest BCUT2D eigenvalue weighted by molar-refractivity contribution is -0.140. The van der Waals surface area contributed by atoms with Gasteiger partial charge in [0.25, 0.3) is 0 Å². The van der Waals surface area contributed by atoms with Crippen LogP contribution in [0, 0.1) is 0 Å². The third kappa shape index (κ3) is 3.01. The summed E-state index contributed by atoms with van der Waals surface area (Å²) in [6.45, 7) is 0.325. The normalized spacial score (nSPS) is 20.9. The van der Waals surface area contributed by atoms with E-state index in [0.717, 1.165) is 5.56 Å². The van der Waals surface area contributed by atoms with Gasteiger partial charge in [0, 0.05) is 6.54 Å². The molecule has 7 heteroatoms. The summed E-state index contributed by atoms with van der Waals surface area (Å²) in [5.41, 5.74) is 0.921. The van der Waals surface area contributed by atoms with Gasteiger partial charge >= 0.3 is 6.09 Å². The summed E-state index contributed by atoms with van der Waals surface area (Å²) in [5, 5.41) is 15.5. The van der Waals surface area contributed by atoms with Gasteiger partial charge in [-0.2, -0.15) is 0 Å². The van der Waals surface area contributed by atoms with Gasteiger partial charge in [0.05, 0.1) is 0 Å². The second-order valence-electron chi connectivity index (χ2n) is 4.12. The summed E-state index contributed by atoms with van der Waals surface area (Å²) in [5.74, 6) is -0.913. The molecule has 0 bridgehead atoms. The zero-order valence-corrected chi connectivity index (χ0v) is 9.92. The second kappa shape index (κ2) is 5.38. The average molecular weight is 263 g/mol. The Bertz CT molecular complexity index is 503. The molecule has 2 atom stereocenters. The summed E-state index contributed by atoms with van der Waals surface area (Å²) in [7, 11) is 0. The van der Waals surface area contributed by atoms with Gasteiger partial charge in [-0.15, -0.1) is 0 Å². The van der Waals surface area contributed by atoms with Crippen LogP contribution in [0.4, 0.5) is 4.79 Å². The summed E-state index contributed by atoms with van der Waals surface area (Å²) < 4.78 is 0. The van der Waals surface area contributed by atoms with Crippen molar-refractivity contribution in [2.75, 3.05) is 0 Å². The predicted octanol–water partition coefficient (Wildman–Crippen LogP) is -0.563. The van der Waals surface area contributed by atoms with Crippen molar-refractivity contribution >= 4 is 17.9 Å². The van der Waals surface area contributed by atoms with Crippen LogP contribution in [0.1, 0.15) is 5.56 Å². The van der Waals surface area contributed by atoms with Crippen LogP contribution in [0.3, 0.4) is 0 Å². The van der Waals surface area contributed by atoms with Crippen LogP contribution in [0.15, 0.2) is 30.3 Å². The highest BCUT2D eigenvalue weighted by Gasteiger charge is 2.44. The quantitative estimate of drug-likeness (QED) is 0.546. The van der Waals surface area contributed by atoms with Crippen molar-refractivity contribution in [3.63, 3.8) is 0 Å². The Morgan fingerprint density at radius 3 is 2.53 bits per heavy atom. The Kier molecular flexibility index (Phi) is 3.65. The average Bonchev–Trinajstić information content (AvgIpc) is 2.40. The maximum Gasteiger partial charge on any atom is 0.405 e. The number of rotatable bonds is 4. The first-order chi connectivity index (χ1) is 9.08. The SMILES string of the molecule is O=C(O)N[C@@H]1C(=O)N[C@@H]1C(=O)NCc1ccccc1. The Labute approximate surface area is 109 Å². The van der Waals surface area contributed by atoms with Gasteiger partial charge in [-0.1, -0.05) is 30.3 Å². The topological polar surface area (TPSA) is 108 Å². The summed E-state index contributed by atoms with van der Waals surface area (Å²) in [4.78, 5) is 33.4. The largest absolute Gasteiger partial charge is 0.465 e. The fraction of sp³-hybridized carbons (Fsp3) is 0.250. The van der Waals surface area contributed by atoms with Gasteiger partial charge in [0.1, 0.15) is 12.1 Å². The van der Waals surface area contributed by atoms with Gasteiger partial charge < -0.3 is 21.1 Å². The molecule has 1 aromatic carbocycles. The molecule has 0 aliphatic carbocycles. The molecule has 19 heavy (non-hydrogen) atoms. The molecule has 4 N–H and O–H groups in total. The number of carboxylic acid groups (broad SMARTS) is 1. The van der Waals surface area contributed by atoms with Crippen molar-refractivity contribution in [1.82, 2.24) is 16.0 Å². The smallest absolute Gasteiger partial charge is 0.405 e. The number of β-lactam (4-membered cyclic amide) rings is 1. The third-order valence-electron chi connectivity index (χ3n) is 2.78. The first kappa shape index (κ1) is 12.9. The Morgan fingerprint density at radius 1 is 1.26 bits per heavy atom. The van der Waals surface area contributed by atoms with Crippen LogP contribution in [0.2, 0.25) is 0 Å². The molecular weight excluding hydrogens is 250 g/mol. The van der Waals surface area contributed by atoms with E-state index in [1.165, 1.54) is 0 Å². The van der Waals surface area contributed by atoms with E-state index in [2.05, 4.69) is 10.6 Å².